The molecule has 2 aromatic rings. The molecule has 1 aromatic carbocycles. The number of rotatable bonds is 2. The Morgan fingerprint density at radius 2 is 1.93 bits per heavy atom. The number of carbonyl (C=O) groups excluding carboxylic acids is 1. The number of nitrogens with one attached hydrogen (secondary N) is 1. The molecular weight excluding hydrogens is 402 g/mol. The number of thioether (sulfide) groups is 2. The lowest BCUT2D eigenvalue weighted by atomic mass is 10.1. The van der Waals surface area contributed by atoms with Gasteiger partial charge in [-0.15, -0.1) is 16.9 Å². The zero-order chi connectivity index (χ0) is 20.9. The molecule has 0 spiro atoms. The minimum atomic E-state index is -0.400. The molecule has 1 aromatic heterocycles. The second-order valence-electron chi connectivity index (χ2n) is 7.04. The van der Waals surface area contributed by atoms with Crippen molar-refractivity contribution in [2.24, 2.45) is 10.1 Å². The van der Waals surface area contributed by atoms with Crippen molar-refractivity contribution in [2.75, 3.05) is 6.26 Å². The fraction of sp³-hybridized carbons (Fsp3) is 0.238. The lowest BCUT2D eigenvalue weighted by Gasteiger charge is -2.20. The summed E-state index contributed by atoms with van der Waals surface area (Å²) < 4.78 is 2.96. The van der Waals surface area contributed by atoms with Crippen LogP contribution in [0.5, 0.6) is 0 Å². The number of hydrazone groups is 1. The number of amides is 1. The Hall–Kier alpha value is -2.58. The normalized spacial score (nSPS) is 17.7. The molecule has 0 bridgehead atoms. The number of fused-ring (bicyclic) bond motifs is 1. The van der Waals surface area contributed by atoms with E-state index in [0.29, 0.717) is 5.17 Å². The predicted octanol–water partition coefficient (Wildman–Crippen LogP) is 4.65. The number of aliphatic imine (C=N–C) groups is 1. The third-order valence-electron chi connectivity index (χ3n) is 4.97. The fourth-order valence-corrected chi connectivity index (χ4v) is 4.92. The van der Waals surface area contributed by atoms with Gasteiger partial charge in [-0.3, -0.25) is 10.2 Å². The molecular formula is C21H21N5OS2. The summed E-state index contributed by atoms with van der Waals surface area (Å²) in [4.78, 5) is 16.7. The van der Waals surface area contributed by atoms with E-state index in [1.54, 1.807) is 6.08 Å². The van der Waals surface area contributed by atoms with Gasteiger partial charge in [-0.25, -0.2) is 0 Å². The van der Waals surface area contributed by atoms with Crippen molar-refractivity contribution in [1.29, 1.82) is 5.41 Å². The van der Waals surface area contributed by atoms with E-state index in [1.807, 2.05) is 26.2 Å². The molecule has 6 nitrogen and oxygen atoms in total. The van der Waals surface area contributed by atoms with Crippen LogP contribution in [-0.4, -0.2) is 37.1 Å². The Morgan fingerprint density at radius 3 is 2.62 bits per heavy atom. The molecule has 148 valence electrons. The highest BCUT2D eigenvalue weighted by molar-refractivity contribution is 8.45. The number of hydrogen-bond donors (Lipinski definition) is 1. The van der Waals surface area contributed by atoms with Crippen LogP contribution in [0, 0.1) is 33.1 Å². The van der Waals surface area contributed by atoms with E-state index in [9.17, 15) is 4.79 Å². The van der Waals surface area contributed by atoms with Gasteiger partial charge in [0.25, 0.3) is 5.91 Å². The molecule has 2 aliphatic heterocycles. The predicted molar refractivity (Wildman–Crippen MR) is 123 cm³/mol. The van der Waals surface area contributed by atoms with Gasteiger partial charge >= 0.3 is 0 Å². The smallest absolute Gasteiger partial charge is 0.283 e. The summed E-state index contributed by atoms with van der Waals surface area (Å²) >= 11 is 2.79. The van der Waals surface area contributed by atoms with Gasteiger partial charge in [-0.05, 0) is 75.0 Å². The first-order valence-electron chi connectivity index (χ1n) is 9.11. The van der Waals surface area contributed by atoms with Crippen LogP contribution in [0.1, 0.15) is 28.1 Å². The van der Waals surface area contributed by atoms with Crippen molar-refractivity contribution in [1.82, 2.24) is 9.58 Å². The highest BCUT2D eigenvalue weighted by atomic mass is 32.2. The van der Waals surface area contributed by atoms with Crippen molar-refractivity contribution in [2.45, 2.75) is 27.7 Å². The average Bonchev–Trinajstić information content (AvgIpc) is 3.20. The summed E-state index contributed by atoms with van der Waals surface area (Å²) in [6.45, 7) is 8.26. The summed E-state index contributed by atoms with van der Waals surface area (Å²) in [7, 11) is 0. The largest absolute Gasteiger partial charge is 0.318 e. The van der Waals surface area contributed by atoms with E-state index in [2.05, 4.69) is 46.7 Å². The first kappa shape index (κ1) is 19.7. The van der Waals surface area contributed by atoms with Crippen molar-refractivity contribution in [3.05, 3.63) is 57.9 Å². The Balaban J connectivity index is 1.77. The molecule has 29 heavy (non-hydrogen) atoms. The molecule has 4 rings (SSSR count). The Morgan fingerprint density at radius 1 is 1.17 bits per heavy atom. The van der Waals surface area contributed by atoms with Crippen LogP contribution in [-0.2, 0) is 4.79 Å². The molecule has 0 fully saturated rings. The van der Waals surface area contributed by atoms with Gasteiger partial charge < -0.3 is 4.57 Å². The average molecular weight is 424 g/mol. The second kappa shape index (κ2) is 7.35. The van der Waals surface area contributed by atoms with Crippen molar-refractivity contribution >= 4 is 50.9 Å². The SMILES string of the molecule is CSC1=NN2C(=N)/C(=C\c3cc(C)n(-c4ccc(C)cc4C)c3C)C(=O)N=C2S1. The third kappa shape index (κ3) is 3.36. The van der Waals surface area contributed by atoms with Gasteiger partial charge in [0.1, 0.15) is 0 Å². The lowest BCUT2D eigenvalue weighted by molar-refractivity contribution is -0.114. The van der Waals surface area contributed by atoms with Crippen molar-refractivity contribution < 1.29 is 4.79 Å². The van der Waals surface area contributed by atoms with Gasteiger partial charge in [0.15, 0.2) is 10.2 Å². The highest BCUT2D eigenvalue weighted by Gasteiger charge is 2.35. The van der Waals surface area contributed by atoms with Crippen molar-refractivity contribution in [3.8, 4) is 5.69 Å². The first-order chi connectivity index (χ1) is 13.8. The number of aromatic nitrogens is 1. The number of benzene rings is 1. The number of aryl methyl sites for hydroxylation is 3. The maximum atomic E-state index is 12.6. The summed E-state index contributed by atoms with van der Waals surface area (Å²) in [5.41, 5.74) is 6.76. The zero-order valence-electron chi connectivity index (χ0n) is 16.9. The molecule has 2 aliphatic rings. The summed E-state index contributed by atoms with van der Waals surface area (Å²) in [5.74, 6) is -0.338. The molecule has 0 aliphatic carbocycles. The maximum absolute atomic E-state index is 12.6. The fourth-order valence-electron chi connectivity index (χ4n) is 3.57. The minimum absolute atomic E-state index is 0.0628. The van der Waals surface area contributed by atoms with Crippen LogP contribution in [0.3, 0.4) is 0 Å². The van der Waals surface area contributed by atoms with Crippen molar-refractivity contribution in [3.63, 3.8) is 0 Å². The number of hydrogen-bond acceptors (Lipinski definition) is 5. The molecule has 3 heterocycles. The summed E-state index contributed by atoms with van der Waals surface area (Å²) in [6.07, 6.45) is 3.67. The third-order valence-corrected chi connectivity index (χ3v) is 6.86. The molecule has 0 saturated carbocycles. The van der Waals surface area contributed by atoms with Crippen LogP contribution in [0.4, 0.5) is 0 Å². The molecule has 0 atom stereocenters. The highest BCUT2D eigenvalue weighted by Crippen LogP contribution is 2.32. The van der Waals surface area contributed by atoms with Crippen LogP contribution >= 0.6 is 23.5 Å². The van der Waals surface area contributed by atoms with Gasteiger partial charge in [0.2, 0.25) is 5.17 Å². The van der Waals surface area contributed by atoms with Crippen LogP contribution < -0.4 is 0 Å². The maximum Gasteiger partial charge on any atom is 0.283 e. The number of nitrogens with zero attached hydrogens (tertiary/aromatic N) is 4. The van der Waals surface area contributed by atoms with E-state index >= 15 is 0 Å². The van der Waals surface area contributed by atoms with E-state index in [4.69, 9.17) is 5.41 Å². The van der Waals surface area contributed by atoms with Crippen LogP contribution in [0.2, 0.25) is 0 Å². The number of carbonyl (C=O) groups is 1. The molecule has 0 unspecified atom stereocenters. The van der Waals surface area contributed by atoms with Gasteiger partial charge in [-0.1, -0.05) is 17.7 Å². The molecule has 0 radical (unpaired) electrons. The molecule has 1 amide bonds. The van der Waals surface area contributed by atoms with E-state index in [0.717, 1.165) is 27.0 Å². The van der Waals surface area contributed by atoms with Crippen LogP contribution in [0.15, 0.2) is 39.9 Å². The standard InChI is InChI=1S/C21H21N5OS2/c1-11-6-7-17(12(2)8-11)25-13(3)9-15(14(25)4)10-16-18(22)26-20(23-19(16)27)29-21(24-26)28-5/h6-10,22H,1-5H3/b16-10+,22-18?. The van der Waals surface area contributed by atoms with E-state index < -0.39 is 5.91 Å². The topological polar surface area (TPSA) is 73.8 Å². The Bertz CT molecular complexity index is 1160. The first-order valence-corrected chi connectivity index (χ1v) is 11.1. The number of amidine groups is 2. The van der Waals surface area contributed by atoms with Crippen LogP contribution in [0.25, 0.3) is 11.8 Å². The summed E-state index contributed by atoms with van der Waals surface area (Å²) in [5, 5.41) is 14.7. The lowest BCUT2D eigenvalue weighted by Crippen LogP contribution is -2.35. The summed E-state index contributed by atoms with van der Waals surface area (Å²) in [6, 6.07) is 8.42. The molecule has 8 heteroatoms. The quantitative estimate of drug-likeness (QED) is 0.714. The second-order valence-corrected chi connectivity index (χ2v) is 9.05. The molecule has 0 saturated heterocycles. The van der Waals surface area contributed by atoms with E-state index in [-0.39, 0.29) is 11.4 Å². The van der Waals surface area contributed by atoms with Gasteiger partial charge in [0, 0.05) is 17.1 Å². The Labute approximate surface area is 178 Å². The Kier molecular flexibility index (Phi) is 5.00. The van der Waals surface area contributed by atoms with E-state index in [1.165, 1.54) is 39.7 Å². The monoisotopic (exact) mass is 423 g/mol. The molecule has 1 N–H and O–H groups in total. The zero-order valence-corrected chi connectivity index (χ0v) is 18.5. The minimum Gasteiger partial charge on any atom is -0.318 e. The van der Waals surface area contributed by atoms with Gasteiger partial charge in [-0.2, -0.15) is 10.0 Å². The van der Waals surface area contributed by atoms with Gasteiger partial charge in [0.05, 0.1) is 5.57 Å².